The second kappa shape index (κ2) is 9.49. The number of amides is 1. The van der Waals surface area contributed by atoms with Gasteiger partial charge in [-0.15, -0.1) is 11.3 Å². The summed E-state index contributed by atoms with van der Waals surface area (Å²) < 4.78 is 7.34. The molecule has 2 aromatic heterocycles. The zero-order valence-electron chi connectivity index (χ0n) is 16.7. The lowest BCUT2D eigenvalue weighted by atomic mass is 10.2. The van der Waals surface area contributed by atoms with Gasteiger partial charge >= 0.3 is 5.69 Å². The van der Waals surface area contributed by atoms with E-state index in [2.05, 4.69) is 10.3 Å². The van der Waals surface area contributed by atoms with Gasteiger partial charge in [0.2, 0.25) is 5.91 Å². The number of rotatable bonds is 8. The first-order valence-electron chi connectivity index (χ1n) is 9.95. The Balaban J connectivity index is 1.48. The number of carbonyl (C=O) groups excluding carboxylic acids is 1. The molecule has 0 atom stereocenters. The summed E-state index contributed by atoms with van der Waals surface area (Å²) in [6, 6.07) is 11.4. The first-order chi connectivity index (χ1) is 14.7. The Morgan fingerprint density at radius 1 is 1.27 bits per heavy atom. The quantitative estimate of drug-likeness (QED) is 0.423. The molecule has 1 aliphatic rings. The van der Waals surface area contributed by atoms with Crippen LogP contribution in [0.1, 0.15) is 29.5 Å². The molecule has 1 aliphatic carbocycles. The maximum atomic E-state index is 12.7. The van der Waals surface area contributed by atoms with Gasteiger partial charge < -0.3 is 10.1 Å². The molecular formula is C22H23N3O3S2. The Labute approximate surface area is 183 Å². The summed E-state index contributed by atoms with van der Waals surface area (Å²) in [5.74, 6) is 0.686. The van der Waals surface area contributed by atoms with Gasteiger partial charge in [0.25, 0.3) is 0 Å². The standard InChI is InChI=1S/C22H23N3O3S2/c1-2-28-19-11-4-3-9-17(19)23-20(26)14-30-21-16-8-5-10-18(16)25(22(27)24-21)13-15-7-6-12-29-15/h3-4,6-7,9,11-12H,2,5,8,10,13-14H2,1H3,(H,23,26). The fourth-order valence-corrected chi connectivity index (χ4v) is 5.17. The fourth-order valence-electron chi connectivity index (χ4n) is 3.60. The number of benzene rings is 1. The van der Waals surface area contributed by atoms with Crippen molar-refractivity contribution >= 4 is 34.7 Å². The number of anilines is 1. The summed E-state index contributed by atoms with van der Waals surface area (Å²) in [5.41, 5.74) is 2.58. The molecule has 0 spiro atoms. The number of ether oxygens (including phenoxy) is 1. The molecule has 0 bridgehead atoms. The van der Waals surface area contributed by atoms with Crippen molar-refractivity contribution < 1.29 is 9.53 Å². The first-order valence-corrected chi connectivity index (χ1v) is 11.8. The van der Waals surface area contributed by atoms with E-state index in [-0.39, 0.29) is 17.3 Å². The minimum Gasteiger partial charge on any atom is -0.492 e. The third-order valence-corrected chi connectivity index (χ3v) is 6.77. The van der Waals surface area contributed by atoms with Crippen LogP contribution in [0, 0.1) is 0 Å². The molecule has 0 radical (unpaired) electrons. The van der Waals surface area contributed by atoms with Crippen molar-refractivity contribution in [3.63, 3.8) is 0 Å². The SMILES string of the molecule is CCOc1ccccc1NC(=O)CSc1nc(=O)n(Cc2cccs2)c2c1CCC2. The van der Waals surface area contributed by atoms with E-state index >= 15 is 0 Å². The van der Waals surface area contributed by atoms with Crippen LogP contribution in [0.4, 0.5) is 5.69 Å². The summed E-state index contributed by atoms with van der Waals surface area (Å²) in [6.45, 7) is 2.99. The third-order valence-electron chi connectivity index (χ3n) is 4.90. The van der Waals surface area contributed by atoms with E-state index in [0.29, 0.717) is 29.6 Å². The van der Waals surface area contributed by atoms with Crippen LogP contribution in [0.3, 0.4) is 0 Å². The van der Waals surface area contributed by atoms with Crippen molar-refractivity contribution in [1.29, 1.82) is 0 Å². The van der Waals surface area contributed by atoms with E-state index in [0.717, 1.165) is 35.4 Å². The van der Waals surface area contributed by atoms with E-state index < -0.39 is 0 Å². The smallest absolute Gasteiger partial charge is 0.349 e. The number of carbonyl (C=O) groups is 1. The number of hydrogen-bond donors (Lipinski definition) is 1. The number of hydrogen-bond acceptors (Lipinski definition) is 6. The molecule has 8 heteroatoms. The van der Waals surface area contributed by atoms with Gasteiger partial charge in [-0.3, -0.25) is 9.36 Å². The van der Waals surface area contributed by atoms with Gasteiger partial charge in [0.1, 0.15) is 10.8 Å². The highest BCUT2D eigenvalue weighted by Gasteiger charge is 2.23. The van der Waals surface area contributed by atoms with Crippen LogP contribution in [-0.4, -0.2) is 27.8 Å². The summed E-state index contributed by atoms with van der Waals surface area (Å²) in [5, 5.41) is 5.59. The van der Waals surface area contributed by atoms with Crippen molar-refractivity contribution in [2.45, 2.75) is 37.8 Å². The molecule has 1 amide bonds. The highest BCUT2D eigenvalue weighted by atomic mass is 32.2. The van der Waals surface area contributed by atoms with Gasteiger partial charge in [-0.1, -0.05) is 30.0 Å². The Bertz CT molecular complexity index is 1090. The van der Waals surface area contributed by atoms with E-state index in [1.807, 2.05) is 48.7 Å². The average Bonchev–Trinajstić information content (AvgIpc) is 3.42. The van der Waals surface area contributed by atoms with Crippen molar-refractivity contribution in [2.24, 2.45) is 0 Å². The number of thiophene rings is 1. The number of aromatic nitrogens is 2. The minimum atomic E-state index is -0.242. The van der Waals surface area contributed by atoms with Gasteiger partial charge in [-0.2, -0.15) is 4.98 Å². The second-order valence-corrected chi connectivity index (χ2v) is 8.91. The topological polar surface area (TPSA) is 73.2 Å². The second-order valence-electron chi connectivity index (χ2n) is 6.91. The molecule has 6 nitrogen and oxygen atoms in total. The lowest BCUT2D eigenvalue weighted by molar-refractivity contribution is -0.113. The third kappa shape index (κ3) is 4.60. The number of thioether (sulfide) groups is 1. The van der Waals surface area contributed by atoms with E-state index in [1.165, 1.54) is 11.8 Å². The molecule has 4 rings (SSSR count). The molecule has 0 unspecified atom stereocenters. The van der Waals surface area contributed by atoms with Gasteiger partial charge in [0.15, 0.2) is 0 Å². The van der Waals surface area contributed by atoms with Crippen LogP contribution in [0.25, 0.3) is 0 Å². The van der Waals surface area contributed by atoms with Crippen molar-refractivity contribution in [2.75, 3.05) is 17.7 Å². The monoisotopic (exact) mass is 441 g/mol. The number of fused-ring (bicyclic) bond motifs is 1. The minimum absolute atomic E-state index is 0.150. The molecule has 1 N–H and O–H groups in total. The summed E-state index contributed by atoms with van der Waals surface area (Å²) in [4.78, 5) is 30.7. The van der Waals surface area contributed by atoms with Crippen molar-refractivity contribution in [3.8, 4) is 5.75 Å². The molecular weight excluding hydrogens is 418 g/mol. The molecule has 2 heterocycles. The Morgan fingerprint density at radius 3 is 2.93 bits per heavy atom. The normalized spacial score (nSPS) is 12.6. The molecule has 1 aromatic carbocycles. The number of para-hydroxylation sites is 2. The van der Waals surface area contributed by atoms with Crippen LogP contribution in [0.2, 0.25) is 0 Å². The van der Waals surface area contributed by atoms with E-state index in [9.17, 15) is 9.59 Å². The van der Waals surface area contributed by atoms with Crippen molar-refractivity contribution in [1.82, 2.24) is 9.55 Å². The Hall–Kier alpha value is -2.58. The maximum Gasteiger partial charge on any atom is 0.349 e. The average molecular weight is 442 g/mol. The maximum absolute atomic E-state index is 12.7. The number of nitrogens with zero attached hydrogens (tertiary/aromatic N) is 2. The highest BCUT2D eigenvalue weighted by Crippen LogP contribution is 2.30. The summed E-state index contributed by atoms with van der Waals surface area (Å²) in [7, 11) is 0. The van der Waals surface area contributed by atoms with Crippen LogP contribution in [0.15, 0.2) is 51.6 Å². The lowest BCUT2D eigenvalue weighted by Crippen LogP contribution is -2.27. The Morgan fingerprint density at radius 2 is 2.13 bits per heavy atom. The zero-order valence-corrected chi connectivity index (χ0v) is 18.4. The molecule has 0 aliphatic heterocycles. The summed E-state index contributed by atoms with van der Waals surface area (Å²) in [6.07, 6.45) is 2.77. The molecule has 3 aromatic rings. The molecule has 0 fully saturated rings. The predicted octanol–water partition coefficient (Wildman–Crippen LogP) is 3.97. The molecule has 30 heavy (non-hydrogen) atoms. The van der Waals surface area contributed by atoms with Crippen molar-refractivity contribution in [3.05, 3.63) is 68.4 Å². The van der Waals surface area contributed by atoms with Gasteiger partial charge in [0.05, 0.1) is 24.6 Å². The number of nitrogens with one attached hydrogen (secondary N) is 1. The van der Waals surface area contributed by atoms with Gasteiger partial charge in [-0.05, 0) is 49.8 Å². The van der Waals surface area contributed by atoms with Gasteiger partial charge in [0, 0.05) is 16.1 Å². The van der Waals surface area contributed by atoms with Gasteiger partial charge in [-0.25, -0.2) is 4.79 Å². The first kappa shape index (κ1) is 20.7. The van der Waals surface area contributed by atoms with Crippen LogP contribution >= 0.6 is 23.1 Å². The molecule has 156 valence electrons. The van der Waals surface area contributed by atoms with Crippen LogP contribution < -0.4 is 15.7 Å². The zero-order chi connectivity index (χ0) is 20.9. The lowest BCUT2D eigenvalue weighted by Gasteiger charge is -2.14. The van der Waals surface area contributed by atoms with Crippen LogP contribution in [0.5, 0.6) is 5.75 Å². The fraction of sp³-hybridized carbons (Fsp3) is 0.318. The van der Waals surface area contributed by atoms with Crippen LogP contribution in [-0.2, 0) is 24.2 Å². The summed E-state index contributed by atoms with van der Waals surface area (Å²) >= 11 is 2.97. The largest absolute Gasteiger partial charge is 0.492 e. The molecule has 0 saturated carbocycles. The van der Waals surface area contributed by atoms with E-state index in [1.54, 1.807) is 15.9 Å². The van der Waals surface area contributed by atoms with E-state index in [4.69, 9.17) is 4.74 Å². The predicted molar refractivity (Wildman–Crippen MR) is 121 cm³/mol. The highest BCUT2D eigenvalue weighted by molar-refractivity contribution is 8.00. The molecule has 0 saturated heterocycles. The Kier molecular flexibility index (Phi) is 6.54.